The van der Waals surface area contributed by atoms with Crippen LogP contribution in [0.3, 0.4) is 0 Å². The van der Waals surface area contributed by atoms with Crippen molar-refractivity contribution in [3.63, 3.8) is 0 Å². The number of amides is 1. The van der Waals surface area contributed by atoms with Crippen LogP contribution >= 0.6 is 0 Å². The third-order valence-electron chi connectivity index (χ3n) is 3.41. The summed E-state index contributed by atoms with van der Waals surface area (Å²) in [6, 6.07) is 0.416. The van der Waals surface area contributed by atoms with E-state index in [1.165, 1.54) is 6.42 Å². The highest BCUT2D eigenvalue weighted by atomic mass is 16.5. The van der Waals surface area contributed by atoms with Gasteiger partial charge in [-0.25, -0.2) is 0 Å². The maximum atomic E-state index is 11.9. The van der Waals surface area contributed by atoms with Crippen molar-refractivity contribution in [3.8, 4) is 0 Å². The summed E-state index contributed by atoms with van der Waals surface area (Å²) in [5, 5.41) is 3.36. The van der Waals surface area contributed by atoms with Crippen LogP contribution in [0.2, 0.25) is 0 Å². The zero-order valence-electron chi connectivity index (χ0n) is 9.37. The molecule has 0 bridgehead atoms. The predicted molar refractivity (Wildman–Crippen MR) is 57.6 cm³/mol. The number of hydrogen-bond donors (Lipinski definition) is 1. The minimum absolute atomic E-state index is 0.255. The van der Waals surface area contributed by atoms with Gasteiger partial charge in [-0.1, -0.05) is 0 Å². The van der Waals surface area contributed by atoms with Crippen LogP contribution in [0.25, 0.3) is 0 Å². The van der Waals surface area contributed by atoms with Crippen molar-refractivity contribution in [2.75, 3.05) is 26.7 Å². The normalized spacial score (nSPS) is 31.1. The molecule has 2 aliphatic heterocycles. The van der Waals surface area contributed by atoms with Crippen LogP contribution in [0.5, 0.6) is 0 Å². The maximum Gasteiger partial charge on any atom is 0.224 e. The number of rotatable bonds is 3. The van der Waals surface area contributed by atoms with Crippen LogP contribution in [-0.4, -0.2) is 49.7 Å². The van der Waals surface area contributed by atoms with E-state index in [9.17, 15) is 4.79 Å². The molecule has 0 spiro atoms. The lowest BCUT2D eigenvalue weighted by molar-refractivity contribution is -0.131. The van der Waals surface area contributed by atoms with E-state index in [1.807, 2.05) is 4.90 Å². The van der Waals surface area contributed by atoms with Gasteiger partial charge in [-0.2, -0.15) is 0 Å². The van der Waals surface area contributed by atoms with Gasteiger partial charge >= 0.3 is 0 Å². The summed E-state index contributed by atoms with van der Waals surface area (Å²) < 4.78 is 5.25. The Bertz CT molecular complexity index is 227. The number of likely N-dealkylation sites (tertiary alicyclic amines) is 1. The van der Waals surface area contributed by atoms with E-state index < -0.39 is 0 Å². The Kier molecular flexibility index (Phi) is 3.59. The number of hydrogen-bond acceptors (Lipinski definition) is 3. The highest BCUT2D eigenvalue weighted by Gasteiger charge is 2.28. The van der Waals surface area contributed by atoms with Crippen LogP contribution < -0.4 is 5.32 Å². The van der Waals surface area contributed by atoms with Crippen molar-refractivity contribution in [3.05, 3.63) is 0 Å². The van der Waals surface area contributed by atoms with Gasteiger partial charge in [0.05, 0.1) is 6.10 Å². The smallest absolute Gasteiger partial charge is 0.224 e. The molecule has 1 amide bonds. The van der Waals surface area contributed by atoms with Crippen molar-refractivity contribution in [1.29, 1.82) is 0 Å². The summed E-state index contributed by atoms with van der Waals surface area (Å²) in [6.07, 6.45) is 4.26. The van der Waals surface area contributed by atoms with E-state index >= 15 is 0 Å². The second-order valence-corrected chi connectivity index (χ2v) is 4.48. The first-order valence-electron chi connectivity index (χ1n) is 5.83. The summed E-state index contributed by atoms with van der Waals surface area (Å²) in [6.45, 7) is 2.71. The first-order valence-corrected chi connectivity index (χ1v) is 5.83. The standard InChI is InChI=1S/C11H20N2O2/c1-15-10-4-6-13(8-10)11(14)7-9-3-2-5-12-9/h9-10,12H,2-8H2,1H3/t9?,10-/m1/s1. The molecule has 2 heterocycles. The lowest BCUT2D eigenvalue weighted by Crippen LogP contribution is -2.35. The molecule has 4 heteroatoms. The summed E-state index contributed by atoms with van der Waals surface area (Å²) in [7, 11) is 1.72. The highest BCUT2D eigenvalue weighted by Crippen LogP contribution is 2.16. The Hall–Kier alpha value is -0.610. The summed E-state index contributed by atoms with van der Waals surface area (Å²) in [4.78, 5) is 13.8. The number of carbonyl (C=O) groups is 1. The highest BCUT2D eigenvalue weighted by molar-refractivity contribution is 5.77. The van der Waals surface area contributed by atoms with Crippen molar-refractivity contribution < 1.29 is 9.53 Å². The Balaban J connectivity index is 1.76. The molecule has 2 saturated heterocycles. The molecule has 2 atom stereocenters. The zero-order valence-corrected chi connectivity index (χ0v) is 9.37. The average Bonchev–Trinajstić information content (AvgIpc) is 2.86. The van der Waals surface area contributed by atoms with Crippen molar-refractivity contribution >= 4 is 5.91 Å². The third-order valence-corrected chi connectivity index (χ3v) is 3.41. The lowest BCUT2D eigenvalue weighted by Gasteiger charge is -2.18. The zero-order chi connectivity index (χ0) is 10.7. The Morgan fingerprint density at radius 2 is 2.40 bits per heavy atom. The first-order chi connectivity index (χ1) is 7.29. The molecule has 0 aromatic carbocycles. The number of ether oxygens (including phenoxy) is 1. The van der Waals surface area contributed by atoms with Gasteiger partial charge in [-0.3, -0.25) is 4.79 Å². The minimum Gasteiger partial charge on any atom is -0.380 e. The van der Waals surface area contributed by atoms with Gasteiger partial charge in [0.25, 0.3) is 0 Å². The fraction of sp³-hybridized carbons (Fsp3) is 0.909. The molecule has 86 valence electrons. The molecule has 4 nitrogen and oxygen atoms in total. The molecule has 2 aliphatic rings. The molecule has 2 rings (SSSR count). The van der Waals surface area contributed by atoms with E-state index in [0.29, 0.717) is 12.5 Å². The molecule has 0 saturated carbocycles. The van der Waals surface area contributed by atoms with Gasteiger partial charge in [0.1, 0.15) is 0 Å². The van der Waals surface area contributed by atoms with E-state index in [1.54, 1.807) is 7.11 Å². The van der Waals surface area contributed by atoms with E-state index in [0.717, 1.165) is 32.5 Å². The summed E-state index contributed by atoms with van der Waals surface area (Å²) >= 11 is 0. The average molecular weight is 212 g/mol. The van der Waals surface area contributed by atoms with Crippen LogP contribution in [0, 0.1) is 0 Å². The molecule has 1 unspecified atom stereocenters. The SMILES string of the molecule is CO[C@@H]1CCN(C(=O)CC2CCCN2)C1. The van der Waals surface area contributed by atoms with Crippen LogP contribution in [0.4, 0.5) is 0 Å². The van der Waals surface area contributed by atoms with Gasteiger partial charge in [0.15, 0.2) is 0 Å². The Morgan fingerprint density at radius 3 is 3.00 bits per heavy atom. The molecule has 1 N–H and O–H groups in total. The van der Waals surface area contributed by atoms with Crippen LogP contribution in [0.15, 0.2) is 0 Å². The molecule has 0 aromatic rings. The van der Waals surface area contributed by atoms with Crippen molar-refractivity contribution in [1.82, 2.24) is 10.2 Å². The predicted octanol–water partition coefficient (Wildman–Crippen LogP) is 0.376. The number of carbonyl (C=O) groups excluding carboxylic acids is 1. The van der Waals surface area contributed by atoms with Crippen LogP contribution in [0.1, 0.15) is 25.7 Å². The molecule has 0 radical (unpaired) electrons. The second-order valence-electron chi connectivity index (χ2n) is 4.48. The van der Waals surface area contributed by atoms with E-state index in [-0.39, 0.29) is 12.0 Å². The van der Waals surface area contributed by atoms with Gasteiger partial charge in [0, 0.05) is 32.7 Å². The molecular formula is C11H20N2O2. The second kappa shape index (κ2) is 4.94. The van der Waals surface area contributed by atoms with Gasteiger partial charge in [0.2, 0.25) is 5.91 Å². The summed E-state index contributed by atoms with van der Waals surface area (Å²) in [5.74, 6) is 0.286. The van der Waals surface area contributed by atoms with E-state index in [4.69, 9.17) is 4.74 Å². The van der Waals surface area contributed by atoms with Gasteiger partial charge < -0.3 is 15.0 Å². The quantitative estimate of drug-likeness (QED) is 0.735. The topological polar surface area (TPSA) is 41.6 Å². The molecule has 0 aromatic heterocycles. The number of nitrogens with one attached hydrogen (secondary N) is 1. The number of nitrogens with zero attached hydrogens (tertiary/aromatic N) is 1. The first kappa shape index (κ1) is 10.9. The summed E-state index contributed by atoms with van der Waals surface area (Å²) in [5.41, 5.74) is 0. The maximum absolute atomic E-state index is 11.9. The fourth-order valence-corrected chi connectivity index (χ4v) is 2.42. The largest absolute Gasteiger partial charge is 0.380 e. The van der Waals surface area contributed by atoms with Crippen molar-refractivity contribution in [2.45, 2.75) is 37.8 Å². The minimum atomic E-state index is 0.255. The van der Waals surface area contributed by atoms with Crippen molar-refractivity contribution in [2.24, 2.45) is 0 Å². The van der Waals surface area contributed by atoms with Gasteiger partial charge in [-0.15, -0.1) is 0 Å². The molecule has 0 aliphatic carbocycles. The van der Waals surface area contributed by atoms with E-state index in [2.05, 4.69) is 5.32 Å². The molecular weight excluding hydrogens is 192 g/mol. The lowest BCUT2D eigenvalue weighted by atomic mass is 10.1. The third kappa shape index (κ3) is 2.69. The van der Waals surface area contributed by atoms with Crippen LogP contribution in [-0.2, 0) is 9.53 Å². The van der Waals surface area contributed by atoms with Gasteiger partial charge in [-0.05, 0) is 25.8 Å². The number of methoxy groups -OCH3 is 1. The fourth-order valence-electron chi connectivity index (χ4n) is 2.42. The monoisotopic (exact) mass is 212 g/mol. The Morgan fingerprint density at radius 1 is 1.53 bits per heavy atom. The Labute approximate surface area is 91.0 Å². The molecule has 15 heavy (non-hydrogen) atoms. The molecule has 2 fully saturated rings.